The lowest BCUT2D eigenvalue weighted by Crippen LogP contribution is -2.15. The van der Waals surface area contributed by atoms with Crippen molar-refractivity contribution < 1.29 is 4.42 Å². The minimum Gasteiger partial charge on any atom is -0.456 e. The third-order valence-electron chi connectivity index (χ3n) is 12.6. The molecule has 262 valence electrons. The molecule has 0 bridgehead atoms. The van der Waals surface area contributed by atoms with Crippen molar-refractivity contribution in [2.75, 3.05) is 0 Å². The molecular formula is C55H36O. The molecule has 1 aliphatic carbocycles. The Morgan fingerprint density at radius 2 is 0.893 bits per heavy atom. The molecule has 11 aromatic rings. The van der Waals surface area contributed by atoms with E-state index in [1.807, 2.05) is 6.07 Å². The highest BCUT2D eigenvalue weighted by molar-refractivity contribution is 6.22. The summed E-state index contributed by atoms with van der Waals surface area (Å²) in [7, 11) is 0. The van der Waals surface area contributed by atoms with E-state index >= 15 is 0 Å². The van der Waals surface area contributed by atoms with Gasteiger partial charge >= 0.3 is 0 Å². The van der Waals surface area contributed by atoms with Gasteiger partial charge in [0.15, 0.2) is 0 Å². The maximum Gasteiger partial charge on any atom is 0.136 e. The molecule has 0 spiro atoms. The maximum atomic E-state index is 6.37. The topological polar surface area (TPSA) is 13.1 Å². The van der Waals surface area contributed by atoms with Gasteiger partial charge in [-0.2, -0.15) is 0 Å². The van der Waals surface area contributed by atoms with Crippen molar-refractivity contribution in [3.63, 3.8) is 0 Å². The Bertz CT molecular complexity index is 3380. The summed E-state index contributed by atoms with van der Waals surface area (Å²) in [6.07, 6.45) is 0. The maximum absolute atomic E-state index is 6.37. The van der Waals surface area contributed by atoms with Gasteiger partial charge in [-0.25, -0.2) is 0 Å². The molecule has 0 unspecified atom stereocenters. The van der Waals surface area contributed by atoms with Crippen LogP contribution in [0.4, 0.5) is 0 Å². The molecule has 0 saturated heterocycles. The first-order chi connectivity index (χ1) is 27.5. The molecule has 0 saturated carbocycles. The predicted molar refractivity (Wildman–Crippen MR) is 238 cm³/mol. The van der Waals surface area contributed by atoms with Gasteiger partial charge in [-0.05, 0) is 135 Å². The van der Waals surface area contributed by atoms with Crippen LogP contribution in [-0.2, 0) is 5.41 Å². The summed E-state index contributed by atoms with van der Waals surface area (Å²) < 4.78 is 6.37. The number of benzene rings is 10. The van der Waals surface area contributed by atoms with Crippen molar-refractivity contribution in [2.24, 2.45) is 0 Å². The van der Waals surface area contributed by atoms with Gasteiger partial charge in [-0.15, -0.1) is 0 Å². The second-order valence-electron chi connectivity index (χ2n) is 16.0. The third kappa shape index (κ3) is 4.43. The van der Waals surface area contributed by atoms with Crippen LogP contribution < -0.4 is 0 Å². The Kier molecular flexibility index (Phi) is 6.46. The number of para-hydroxylation sites is 1. The second kappa shape index (κ2) is 11.5. The molecule has 0 radical (unpaired) electrons. The van der Waals surface area contributed by atoms with E-state index in [0.717, 1.165) is 11.2 Å². The minimum absolute atomic E-state index is 0.143. The van der Waals surface area contributed by atoms with Crippen molar-refractivity contribution in [1.29, 1.82) is 0 Å². The molecule has 1 aromatic heterocycles. The Hall–Kier alpha value is -6.96. The monoisotopic (exact) mass is 712 g/mol. The Labute approximate surface area is 325 Å². The molecule has 0 fully saturated rings. The summed E-state index contributed by atoms with van der Waals surface area (Å²) in [5, 5.41) is 12.5. The zero-order valence-electron chi connectivity index (χ0n) is 31.2. The van der Waals surface area contributed by atoms with E-state index in [9.17, 15) is 0 Å². The van der Waals surface area contributed by atoms with Crippen LogP contribution in [0.15, 0.2) is 186 Å². The number of hydrogen-bond acceptors (Lipinski definition) is 1. The van der Waals surface area contributed by atoms with Crippen molar-refractivity contribution in [2.45, 2.75) is 19.3 Å². The van der Waals surface area contributed by atoms with E-state index in [-0.39, 0.29) is 5.41 Å². The third-order valence-corrected chi connectivity index (χ3v) is 12.6. The van der Waals surface area contributed by atoms with Gasteiger partial charge in [0, 0.05) is 16.2 Å². The van der Waals surface area contributed by atoms with Crippen LogP contribution in [0.25, 0.3) is 110 Å². The molecule has 1 heterocycles. The van der Waals surface area contributed by atoms with Gasteiger partial charge in [0.2, 0.25) is 0 Å². The molecule has 1 aliphatic rings. The summed E-state index contributed by atoms with van der Waals surface area (Å²) >= 11 is 0. The number of rotatable bonds is 3. The fraction of sp³-hybridized carbons (Fsp3) is 0.0545. The molecule has 0 amide bonds. The van der Waals surface area contributed by atoms with Crippen LogP contribution in [0.3, 0.4) is 0 Å². The summed E-state index contributed by atoms with van der Waals surface area (Å²) in [4.78, 5) is 0. The van der Waals surface area contributed by atoms with Crippen LogP contribution in [0, 0.1) is 0 Å². The SMILES string of the molecule is CC1(C)c2ccc(-c3ccc4cc(-c5c6ccccc6c(-c6ccccc6)c6ccccc56)ccc4c3)cc2-c2ccc3cc4c(cc3c21)oc1ccccc14. The first-order valence-corrected chi connectivity index (χ1v) is 19.6. The van der Waals surface area contributed by atoms with E-state index in [2.05, 4.69) is 190 Å². The van der Waals surface area contributed by atoms with Crippen LogP contribution in [0.1, 0.15) is 25.0 Å². The first kappa shape index (κ1) is 31.4. The molecule has 56 heavy (non-hydrogen) atoms. The second-order valence-corrected chi connectivity index (χ2v) is 16.0. The quantitative estimate of drug-likeness (QED) is 0.166. The Morgan fingerprint density at radius 3 is 1.61 bits per heavy atom. The lowest BCUT2D eigenvalue weighted by molar-refractivity contribution is 0.663. The van der Waals surface area contributed by atoms with E-state index in [1.165, 1.54) is 109 Å². The van der Waals surface area contributed by atoms with Gasteiger partial charge in [-0.3, -0.25) is 0 Å². The van der Waals surface area contributed by atoms with Crippen molar-refractivity contribution in [1.82, 2.24) is 0 Å². The first-order valence-electron chi connectivity index (χ1n) is 19.6. The van der Waals surface area contributed by atoms with Crippen LogP contribution in [0.2, 0.25) is 0 Å². The van der Waals surface area contributed by atoms with E-state index in [4.69, 9.17) is 4.42 Å². The van der Waals surface area contributed by atoms with E-state index in [1.54, 1.807) is 0 Å². The van der Waals surface area contributed by atoms with Gasteiger partial charge in [0.25, 0.3) is 0 Å². The Balaban J connectivity index is 0.969. The van der Waals surface area contributed by atoms with E-state index in [0.29, 0.717) is 0 Å². The van der Waals surface area contributed by atoms with Crippen LogP contribution in [-0.4, -0.2) is 0 Å². The summed E-state index contributed by atoms with van der Waals surface area (Å²) in [6.45, 7) is 4.74. The molecule has 0 atom stereocenters. The normalized spacial score (nSPS) is 13.3. The number of furan rings is 1. The number of fused-ring (bicyclic) bond motifs is 11. The predicted octanol–water partition coefficient (Wildman–Crippen LogP) is 15.5. The zero-order chi connectivity index (χ0) is 37.1. The van der Waals surface area contributed by atoms with Gasteiger partial charge < -0.3 is 4.42 Å². The lowest BCUT2D eigenvalue weighted by Gasteiger charge is -2.23. The van der Waals surface area contributed by atoms with Crippen LogP contribution in [0.5, 0.6) is 0 Å². The zero-order valence-corrected chi connectivity index (χ0v) is 31.2. The molecule has 12 rings (SSSR count). The average Bonchev–Trinajstić information content (AvgIpc) is 3.72. The molecule has 0 N–H and O–H groups in total. The molecule has 10 aromatic carbocycles. The minimum atomic E-state index is -0.143. The largest absolute Gasteiger partial charge is 0.456 e. The summed E-state index contributed by atoms with van der Waals surface area (Å²) in [5.41, 5.74) is 14.7. The van der Waals surface area contributed by atoms with Gasteiger partial charge in [0.05, 0.1) is 0 Å². The fourth-order valence-corrected chi connectivity index (χ4v) is 10.0. The number of hydrogen-bond donors (Lipinski definition) is 0. The van der Waals surface area contributed by atoms with Gasteiger partial charge in [-0.1, -0.05) is 159 Å². The molecule has 1 nitrogen and oxygen atoms in total. The van der Waals surface area contributed by atoms with Crippen molar-refractivity contribution in [3.8, 4) is 44.5 Å². The van der Waals surface area contributed by atoms with Crippen molar-refractivity contribution in [3.05, 3.63) is 193 Å². The summed E-state index contributed by atoms with van der Waals surface area (Å²) in [6, 6.07) is 67.2. The fourth-order valence-electron chi connectivity index (χ4n) is 10.0. The van der Waals surface area contributed by atoms with Gasteiger partial charge in [0.1, 0.15) is 11.2 Å². The standard InChI is InChI=1S/C55H36O/c1-55(2)49-27-25-37(30-47(49)45-26-24-38-31-48-40-14-10-11-19-50(40)56-51(48)32-46(38)54(45)55)35-20-21-36-29-39(23-22-34(36)28-35)53-43-17-8-6-15-41(43)52(33-12-4-3-5-13-33)42-16-7-9-18-44(42)53/h3-32H,1-2H3. The highest BCUT2D eigenvalue weighted by atomic mass is 16.3. The van der Waals surface area contributed by atoms with E-state index < -0.39 is 0 Å². The van der Waals surface area contributed by atoms with Crippen LogP contribution >= 0.6 is 0 Å². The average molecular weight is 713 g/mol. The molecule has 0 aliphatic heterocycles. The van der Waals surface area contributed by atoms with Crippen molar-refractivity contribution >= 4 is 65.0 Å². The Morgan fingerprint density at radius 1 is 0.339 bits per heavy atom. The highest BCUT2D eigenvalue weighted by Crippen LogP contribution is 2.53. The summed E-state index contributed by atoms with van der Waals surface area (Å²) in [5.74, 6) is 0. The highest BCUT2D eigenvalue weighted by Gasteiger charge is 2.37. The smallest absolute Gasteiger partial charge is 0.136 e. The molecular weight excluding hydrogens is 677 g/mol. The lowest BCUT2D eigenvalue weighted by atomic mass is 9.80. The molecule has 1 heteroatoms.